The highest BCUT2D eigenvalue weighted by Crippen LogP contribution is 2.38. The van der Waals surface area contributed by atoms with Crippen LogP contribution in [0.15, 0.2) is 22.7 Å². The molecule has 0 atom stereocenters. The van der Waals surface area contributed by atoms with Crippen LogP contribution in [0.25, 0.3) is 0 Å². The molecule has 0 unspecified atom stereocenters. The van der Waals surface area contributed by atoms with Crippen LogP contribution < -0.4 is 0 Å². The Morgan fingerprint density at radius 3 is 2.69 bits per heavy atom. The summed E-state index contributed by atoms with van der Waals surface area (Å²) in [7, 11) is 0. The molecule has 13 heavy (non-hydrogen) atoms. The van der Waals surface area contributed by atoms with Crippen molar-refractivity contribution in [2.45, 2.75) is 24.9 Å². The third kappa shape index (κ3) is 2.09. The van der Waals surface area contributed by atoms with E-state index in [4.69, 9.17) is 0 Å². The van der Waals surface area contributed by atoms with Gasteiger partial charge in [-0.1, -0.05) is 6.07 Å². The molecule has 0 amide bonds. The van der Waals surface area contributed by atoms with Crippen LogP contribution in [0.2, 0.25) is 0 Å². The van der Waals surface area contributed by atoms with E-state index < -0.39 is 5.60 Å². The van der Waals surface area contributed by atoms with Crippen LogP contribution in [0.1, 0.15) is 18.4 Å². The predicted molar refractivity (Wildman–Crippen MR) is 52.0 cm³/mol. The van der Waals surface area contributed by atoms with Gasteiger partial charge in [-0.05, 0) is 46.5 Å². The second kappa shape index (κ2) is 3.07. The average Bonchev–Trinajstić information content (AvgIpc) is 2.76. The third-order valence-corrected chi connectivity index (χ3v) is 2.99. The van der Waals surface area contributed by atoms with Gasteiger partial charge in [0.15, 0.2) is 0 Å². The molecule has 0 bridgehead atoms. The minimum atomic E-state index is -0.541. The summed E-state index contributed by atoms with van der Waals surface area (Å²) < 4.78 is 13.5. The van der Waals surface area contributed by atoms with E-state index in [0.29, 0.717) is 10.9 Å². The lowest BCUT2D eigenvalue weighted by molar-refractivity contribution is 0.151. The standard InChI is InChI=1S/C10H10BrFO/c11-8-2-1-7(5-9(8)12)6-10(13)3-4-10/h1-2,5,13H,3-4,6H2. The molecule has 0 heterocycles. The highest BCUT2D eigenvalue weighted by atomic mass is 79.9. The zero-order valence-corrected chi connectivity index (χ0v) is 8.64. The SMILES string of the molecule is OC1(Cc2ccc(Br)c(F)c2)CC1. The van der Waals surface area contributed by atoms with Gasteiger partial charge in [-0.3, -0.25) is 0 Å². The smallest absolute Gasteiger partial charge is 0.137 e. The molecule has 0 aliphatic heterocycles. The number of halogens is 2. The fraction of sp³-hybridized carbons (Fsp3) is 0.400. The molecule has 1 aliphatic carbocycles. The summed E-state index contributed by atoms with van der Waals surface area (Å²) in [6.07, 6.45) is 2.24. The van der Waals surface area contributed by atoms with E-state index in [1.807, 2.05) is 6.07 Å². The molecule has 0 aromatic heterocycles. The largest absolute Gasteiger partial charge is 0.390 e. The van der Waals surface area contributed by atoms with Crippen LogP contribution in [-0.2, 0) is 6.42 Å². The lowest BCUT2D eigenvalue weighted by Crippen LogP contribution is -2.10. The highest BCUT2D eigenvalue weighted by Gasteiger charge is 2.40. The quantitative estimate of drug-likeness (QED) is 0.849. The van der Waals surface area contributed by atoms with Crippen molar-refractivity contribution in [2.24, 2.45) is 0 Å². The van der Waals surface area contributed by atoms with Crippen molar-refractivity contribution in [3.8, 4) is 0 Å². The molecule has 2 rings (SSSR count). The zero-order valence-electron chi connectivity index (χ0n) is 7.06. The van der Waals surface area contributed by atoms with Crippen molar-refractivity contribution >= 4 is 15.9 Å². The third-order valence-electron chi connectivity index (χ3n) is 2.34. The number of aliphatic hydroxyl groups is 1. The van der Waals surface area contributed by atoms with Gasteiger partial charge in [0.1, 0.15) is 5.82 Å². The summed E-state index contributed by atoms with van der Waals surface area (Å²) in [6, 6.07) is 4.99. The Bertz CT molecular complexity index is 334. The Balaban J connectivity index is 2.17. The van der Waals surface area contributed by atoms with E-state index in [0.717, 1.165) is 18.4 Å². The minimum absolute atomic E-state index is 0.262. The molecule has 0 radical (unpaired) electrons. The first-order chi connectivity index (χ1) is 6.09. The number of hydrogen-bond donors (Lipinski definition) is 1. The van der Waals surface area contributed by atoms with Crippen LogP contribution in [-0.4, -0.2) is 10.7 Å². The Hall–Kier alpha value is -0.410. The molecule has 1 aliphatic rings. The lowest BCUT2D eigenvalue weighted by atomic mass is 10.1. The van der Waals surface area contributed by atoms with Crippen LogP contribution in [0, 0.1) is 5.82 Å². The number of benzene rings is 1. The van der Waals surface area contributed by atoms with Crippen molar-refractivity contribution < 1.29 is 9.50 Å². The summed E-state index contributed by atoms with van der Waals surface area (Å²) in [5.74, 6) is -0.262. The van der Waals surface area contributed by atoms with Crippen LogP contribution in [0.5, 0.6) is 0 Å². The fourth-order valence-electron chi connectivity index (χ4n) is 1.35. The summed E-state index contributed by atoms with van der Waals surface area (Å²) >= 11 is 3.09. The van der Waals surface area contributed by atoms with E-state index in [9.17, 15) is 9.50 Å². The summed E-state index contributed by atoms with van der Waals surface area (Å²) in [5, 5.41) is 9.61. The fourth-order valence-corrected chi connectivity index (χ4v) is 1.60. The normalized spacial score (nSPS) is 18.7. The van der Waals surface area contributed by atoms with Gasteiger partial charge in [-0.15, -0.1) is 0 Å². The molecule has 70 valence electrons. The van der Waals surface area contributed by atoms with Crippen LogP contribution >= 0.6 is 15.9 Å². The van der Waals surface area contributed by atoms with E-state index >= 15 is 0 Å². The van der Waals surface area contributed by atoms with E-state index in [1.165, 1.54) is 6.07 Å². The second-order valence-electron chi connectivity index (χ2n) is 3.65. The van der Waals surface area contributed by atoms with Crippen molar-refractivity contribution in [3.63, 3.8) is 0 Å². The Labute approximate surface area is 84.7 Å². The maximum Gasteiger partial charge on any atom is 0.137 e. The van der Waals surface area contributed by atoms with Gasteiger partial charge in [0.2, 0.25) is 0 Å². The Morgan fingerprint density at radius 2 is 2.15 bits per heavy atom. The first-order valence-corrected chi connectivity index (χ1v) is 5.05. The first kappa shape index (κ1) is 9.16. The van der Waals surface area contributed by atoms with Gasteiger partial charge < -0.3 is 5.11 Å². The van der Waals surface area contributed by atoms with Gasteiger partial charge >= 0.3 is 0 Å². The molecular weight excluding hydrogens is 235 g/mol. The van der Waals surface area contributed by atoms with Gasteiger partial charge in [-0.2, -0.15) is 0 Å². The molecule has 1 N–H and O–H groups in total. The molecule has 3 heteroatoms. The summed E-state index contributed by atoms with van der Waals surface area (Å²) in [5.41, 5.74) is 0.320. The van der Waals surface area contributed by atoms with E-state index in [1.54, 1.807) is 6.07 Å². The van der Waals surface area contributed by atoms with Crippen molar-refractivity contribution in [2.75, 3.05) is 0 Å². The first-order valence-electron chi connectivity index (χ1n) is 4.25. The van der Waals surface area contributed by atoms with Crippen molar-refractivity contribution in [1.29, 1.82) is 0 Å². The highest BCUT2D eigenvalue weighted by molar-refractivity contribution is 9.10. The zero-order chi connectivity index (χ0) is 9.47. The molecular formula is C10H10BrFO. The Kier molecular flexibility index (Phi) is 2.16. The number of rotatable bonds is 2. The van der Waals surface area contributed by atoms with Crippen LogP contribution in [0.3, 0.4) is 0 Å². The monoisotopic (exact) mass is 244 g/mol. The number of hydrogen-bond acceptors (Lipinski definition) is 1. The summed E-state index contributed by atoms with van der Waals surface area (Å²) in [4.78, 5) is 0. The van der Waals surface area contributed by atoms with Gasteiger partial charge in [-0.25, -0.2) is 4.39 Å². The molecule has 1 aromatic rings. The minimum Gasteiger partial charge on any atom is -0.390 e. The van der Waals surface area contributed by atoms with E-state index in [2.05, 4.69) is 15.9 Å². The molecule has 1 fully saturated rings. The maximum atomic E-state index is 13.0. The topological polar surface area (TPSA) is 20.2 Å². The summed E-state index contributed by atoms with van der Waals surface area (Å²) in [6.45, 7) is 0. The second-order valence-corrected chi connectivity index (χ2v) is 4.50. The molecule has 0 spiro atoms. The lowest BCUT2D eigenvalue weighted by Gasteiger charge is -2.07. The molecule has 1 nitrogen and oxygen atoms in total. The predicted octanol–water partition coefficient (Wildman–Crippen LogP) is 2.66. The molecule has 1 aromatic carbocycles. The Morgan fingerprint density at radius 1 is 1.46 bits per heavy atom. The van der Waals surface area contributed by atoms with E-state index in [-0.39, 0.29) is 5.82 Å². The van der Waals surface area contributed by atoms with Crippen molar-refractivity contribution in [1.82, 2.24) is 0 Å². The van der Waals surface area contributed by atoms with Crippen LogP contribution in [0.4, 0.5) is 4.39 Å². The van der Waals surface area contributed by atoms with Crippen molar-refractivity contribution in [3.05, 3.63) is 34.1 Å². The molecule has 1 saturated carbocycles. The maximum absolute atomic E-state index is 13.0. The van der Waals surface area contributed by atoms with Gasteiger partial charge in [0, 0.05) is 6.42 Å². The molecule has 0 saturated heterocycles. The average molecular weight is 245 g/mol. The van der Waals surface area contributed by atoms with Gasteiger partial charge in [0.05, 0.1) is 10.1 Å². The van der Waals surface area contributed by atoms with Gasteiger partial charge in [0.25, 0.3) is 0 Å².